The van der Waals surface area contributed by atoms with Gasteiger partial charge >= 0.3 is 0 Å². The number of halogens is 3. The van der Waals surface area contributed by atoms with Crippen LogP contribution < -0.4 is 0 Å². The van der Waals surface area contributed by atoms with Gasteiger partial charge in [-0.25, -0.2) is 8.78 Å². The third kappa shape index (κ3) is 2.41. The van der Waals surface area contributed by atoms with E-state index in [1.54, 1.807) is 19.1 Å². The van der Waals surface area contributed by atoms with E-state index in [1.165, 1.54) is 6.07 Å². The van der Waals surface area contributed by atoms with Gasteiger partial charge in [0.1, 0.15) is 11.6 Å². The van der Waals surface area contributed by atoms with Gasteiger partial charge in [-0.05, 0) is 36.8 Å². The summed E-state index contributed by atoms with van der Waals surface area (Å²) in [6.07, 6.45) is 0. The van der Waals surface area contributed by atoms with Crippen molar-refractivity contribution in [2.75, 3.05) is 0 Å². The fraction of sp³-hybridized carbons (Fsp3) is 0.0714. The highest BCUT2D eigenvalue weighted by atomic mass is 35.5. The van der Waals surface area contributed by atoms with Crippen LogP contribution in [0.15, 0.2) is 36.4 Å². The normalized spacial score (nSPS) is 10.4. The summed E-state index contributed by atoms with van der Waals surface area (Å²) in [4.78, 5) is 12.1. The number of benzene rings is 2. The fourth-order valence-corrected chi connectivity index (χ4v) is 1.83. The van der Waals surface area contributed by atoms with Gasteiger partial charge in [-0.1, -0.05) is 17.7 Å². The standard InChI is InChI=1S/C14H9ClF2O/c1-8-2-3-9(15)6-12(8)14(18)11-5-4-10(16)7-13(11)17/h2-7H,1H3. The lowest BCUT2D eigenvalue weighted by Gasteiger charge is -2.06. The van der Waals surface area contributed by atoms with Crippen molar-refractivity contribution in [3.8, 4) is 0 Å². The summed E-state index contributed by atoms with van der Waals surface area (Å²) in [6, 6.07) is 7.67. The summed E-state index contributed by atoms with van der Waals surface area (Å²) < 4.78 is 26.3. The molecule has 0 aliphatic carbocycles. The SMILES string of the molecule is Cc1ccc(Cl)cc1C(=O)c1ccc(F)cc1F. The summed E-state index contributed by atoms with van der Waals surface area (Å²) in [5.41, 5.74) is 0.836. The Labute approximate surface area is 108 Å². The molecule has 0 heterocycles. The van der Waals surface area contributed by atoms with E-state index in [2.05, 4.69) is 0 Å². The molecule has 0 radical (unpaired) electrons. The second-order valence-electron chi connectivity index (χ2n) is 3.91. The van der Waals surface area contributed by atoms with Crippen molar-refractivity contribution in [1.29, 1.82) is 0 Å². The Kier molecular flexibility index (Phi) is 3.43. The Hall–Kier alpha value is -1.74. The highest BCUT2D eigenvalue weighted by molar-refractivity contribution is 6.31. The van der Waals surface area contributed by atoms with Crippen molar-refractivity contribution >= 4 is 17.4 Å². The summed E-state index contributed by atoms with van der Waals surface area (Å²) >= 11 is 5.81. The molecular weight excluding hydrogens is 258 g/mol. The third-order valence-electron chi connectivity index (χ3n) is 2.62. The van der Waals surface area contributed by atoms with Crippen molar-refractivity contribution in [3.63, 3.8) is 0 Å². The van der Waals surface area contributed by atoms with Gasteiger partial charge in [0.05, 0.1) is 5.56 Å². The summed E-state index contributed by atoms with van der Waals surface area (Å²) in [7, 11) is 0. The molecule has 0 aliphatic rings. The van der Waals surface area contributed by atoms with E-state index in [-0.39, 0.29) is 5.56 Å². The Morgan fingerprint density at radius 3 is 2.44 bits per heavy atom. The van der Waals surface area contributed by atoms with Crippen LogP contribution >= 0.6 is 11.6 Å². The van der Waals surface area contributed by atoms with Crippen molar-refractivity contribution < 1.29 is 13.6 Å². The number of carbonyl (C=O) groups excluding carboxylic acids is 1. The molecule has 92 valence electrons. The van der Waals surface area contributed by atoms with Crippen molar-refractivity contribution in [2.45, 2.75) is 6.92 Å². The summed E-state index contributed by atoms with van der Waals surface area (Å²) in [5.74, 6) is -2.10. The Morgan fingerprint density at radius 2 is 1.78 bits per heavy atom. The monoisotopic (exact) mass is 266 g/mol. The van der Waals surface area contributed by atoms with E-state index in [9.17, 15) is 13.6 Å². The zero-order valence-electron chi connectivity index (χ0n) is 9.51. The van der Waals surface area contributed by atoms with E-state index >= 15 is 0 Å². The first-order valence-corrected chi connectivity index (χ1v) is 5.63. The van der Waals surface area contributed by atoms with Crippen LogP contribution in [0.5, 0.6) is 0 Å². The van der Waals surface area contributed by atoms with E-state index in [0.717, 1.165) is 12.1 Å². The van der Waals surface area contributed by atoms with E-state index in [1.807, 2.05) is 0 Å². The molecule has 0 aromatic heterocycles. The summed E-state index contributed by atoms with van der Waals surface area (Å²) in [6.45, 7) is 1.73. The number of ketones is 1. The topological polar surface area (TPSA) is 17.1 Å². The van der Waals surface area contributed by atoms with Crippen LogP contribution in [-0.4, -0.2) is 5.78 Å². The number of hydrogen-bond acceptors (Lipinski definition) is 1. The zero-order valence-corrected chi connectivity index (χ0v) is 10.3. The second kappa shape index (κ2) is 4.86. The van der Waals surface area contributed by atoms with Gasteiger partial charge in [0.2, 0.25) is 0 Å². The molecule has 2 rings (SSSR count). The average molecular weight is 267 g/mol. The molecule has 0 aliphatic heterocycles. The molecule has 0 fully saturated rings. The first-order valence-electron chi connectivity index (χ1n) is 5.25. The maximum Gasteiger partial charge on any atom is 0.196 e. The van der Waals surface area contributed by atoms with Crippen LogP contribution in [0.3, 0.4) is 0 Å². The van der Waals surface area contributed by atoms with Crippen LogP contribution in [0, 0.1) is 18.6 Å². The van der Waals surface area contributed by atoms with Gasteiger partial charge in [-0.15, -0.1) is 0 Å². The van der Waals surface area contributed by atoms with E-state index < -0.39 is 17.4 Å². The van der Waals surface area contributed by atoms with Crippen molar-refractivity contribution in [3.05, 3.63) is 69.7 Å². The molecule has 0 saturated heterocycles. The number of rotatable bonds is 2. The largest absolute Gasteiger partial charge is 0.288 e. The van der Waals surface area contributed by atoms with Gasteiger partial charge < -0.3 is 0 Å². The van der Waals surface area contributed by atoms with Gasteiger partial charge in [0, 0.05) is 16.7 Å². The van der Waals surface area contributed by atoms with E-state index in [4.69, 9.17) is 11.6 Å². The molecule has 1 nitrogen and oxygen atoms in total. The zero-order chi connectivity index (χ0) is 13.3. The predicted octanol–water partition coefficient (Wildman–Crippen LogP) is 4.16. The molecule has 0 spiro atoms. The average Bonchev–Trinajstić information content (AvgIpc) is 2.31. The minimum atomic E-state index is -0.876. The number of hydrogen-bond donors (Lipinski definition) is 0. The first kappa shape index (κ1) is 12.7. The maximum absolute atomic E-state index is 13.5. The highest BCUT2D eigenvalue weighted by Gasteiger charge is 2.16. The van der Waals surface area contributed by atoms with Crippen LogP contribution in [-0.2, 0) is 0 Å². The molecule has 18 heavy (non-hydrogen) atoms. The molecule has 2 aromatic rings. The Balaban J connectivity index is 2.51. The molecule has 0 unspecified atom stereocenters. The Morgan fingerprint density at radius 1 is 1.06 bits per heavy atom. The molecule has 0 bridgehead atoms. The number of carbonyl (C=O) groups is 1. The van der Waals surface area contributed by atoms with Crippen LogP contribution in [0.4, 0.5) is 8.78 Å². The first-order chi connectivity index (χ1) is 8.49. The minimum absolute atomic E-state index is 0.165. The molecule has 2 aromatic carbocycles. The molecule has 4 heteroatoms. The molecule has 0 N–H and O–H groups in total. The van der Waals surface area contributed by atoms with Gasteiger partial charge in [-0.3, -0.25) is 4.79 Å². The molecule has 0 atom stereocenters. The number of aryl methyl sites for hydroxylation is 1. The minimum Gasteiger partial charge on any atom is -0.288 e. The molecule has 0 saturated carbocycles. The smallest absolute Gasteiger partial charge is 0.196 e. The lowest BCUT2D eigenvalue weighted by molar-refractivity contribution is 0.103. The maximum atomic E-state index is 13.5. The van der Waals surface area contributed by atoms with Crippen molar-refractivity contribution in [1.82, 2.24) is 0 Å². The second-order valence-corrected chi connectivity index (χ2v) is 4.35. The predicted molar refractivity (Wildman–Crippen MR) is 66.0 cm³/mol. The third-order valence-corrected chi connectivity index (χ3v) is 2.86. The van der Waals surface area contributed by atoms with Gasteiger partial charge in [0.25, 0.3) is 0 Å². The van der Waals surface area contributed by atoms with Crippen LogP contribution in [0.25, 0.3) is 0 Å². The Bertz CT molecular complexity index is 623. The van der Waals surface area contributed by atoms with Crippen LogP contribution in [0.1, 0.15) is 21.5 Å². The summed E-state index contributed by atoms with van der Waals surface area (Å²) in [5, 5.41) is 0.395. The van der Waals surface area contributed by atoms with Gasteiger partial charge in [0.15, 0.2) is 5.78 Å². The molecular formula is C14H9ClF2O. The van der Waals surface area contributed by atoms with Crippen LogP contribution in [0.2, 0.25) is 5.02 Å². The van der Waals surface area contributed by atoms with E-state index in [0.29, 0.717) is 22.2 Å². The van der Waals surface area contributed by atoms with Crippen molar-refractivity contribution in [2.24, 2.45) is 0 Å². The fourth-order valence-electron chi connectivity index (χ4n) is 1.66. The molecule has 0 amide bonds. The lowest BCUT2D eigenvalue weighted by atomic mass is 9.99. The highest BCUT2D eigenvalue weighted by Crippen LogP contribution is 2.20. The lowest BCUT2D eigenvalue weighted by Crippen LogP contribution is -2.06. The quantitative estimate of drug-likeness (QED) is 0.746. The van der Waals surface area contributed by atoms with Gasteiger partial charge in [-0.2, -0.15) is 0 Å².